The van der Waals surface area contributed by atoms with Gasteiger partial charge in [0.15, 0.2) is 11.9 Å². The van der Waals surface area contributed by atoms with Crippen molar-refractivity contribution < 1.29 is 14.6 Å². The molecule has 0 aliphatic rings. The van der Waals surface area contributed by atoms with E-state index in [1.54, 1.807) is 13.0 Å². The number of aryl methyl sites for hydroxylation is 1. The number of fused-ring (bicyclic) bond motifs is 1. The smallest absolute Gasteiger partial charge is 0.337 e. The van der Waals surface area contributed by atoms with Gasteiger partial charge in [0.1, 0.15) is 5.52 Å². The van der Waals surface area contributed by atoms with E-state index in [1.165, 1.54) is 24.7 Å². The Hall–Kier alpha value is -3.02. The molecule has 0 amide bonds. The van der Waals surface area contributed by atoms with Gasteiger partial charge in [0.25, 0.3) is 0 Å². The molecule has 1 aromatic carbocycles. The van der Waals surface area contributed by atoms with Gasteiger partial charge in [-0.05, 0) is 19.1 Å². The highest BCUT2D eigenvalue weighted by molar-refractivity contribution is 6.05. The van der Waals surface area contributed by atoms with E-state index in [9.17, 15) is 15.1 Å². The zero-order valence-corrected chi connectivity index (χ0v) is 12.1. The number of rotatable bonds is 2. The molecule has 3 rings (SSSR count). The van der Waals surface area contributed by atoms with E-state index in [0.29, 0.717) is 22.3 Å². The lowest BCUT2D eigenvalue weighted by Gasteiger charge is -2.11. The fourth-order valence-corrected chi connectivity index (χ4v) is 2.49. The first-order valence-corrected chi connectivity index (χ1v) is 6.67. The molecule has 6 nitrogen and oxygen atoms in total. The van der Waals surface area contributed by atoms with Gasteiger partial charge in [-0.3, -0.25) is 9.97 Å². The average Bonchev–Trinajstić information content (AvgIpc) is 2.49. The zero-order chi connectivity index (χ0) is 15.9. The van der Waals surface area contributed by atoms with Crippen molar-refractivity contribution in [3.63, 3.8) is 0 Å². The third-order valence-corrected chi connectivity index (χ3v) is 3.56. The maximum atomic E-state index is 11.9. The van der Waals surface area contributed by atoms with Crippen LogP contribution in [0.2, 0.25) is 0 Å². The molecule has 0 bridgehead atoms. The van der Waals surface area contributed by atoms with Crippen LogP contribution in [0.15, 0.2) is 36.8 Å². The second kappa shape index (κ2) is 5.07. The summed E-state index contributed by atoms with van der Waals surface area (Å²) in [7, 11) is 0. The second-order valence-electron chi connectivity index (χ2n) is 5.06. The summed E-state index contributed by atoms with van der Waals surface area (Å²) in [6.45, 7) is 3.55. The minimum Gasteiger partial charge on any atom is -0.618 e. The van der Waals surface area contributed by atoms with Gasteiger partial charge < -0.3 is 10.3 Å². The van der Waals surface area contributed by atoms with Crippen molar-refractivity contribution in [2.45, 2.75) is 13.8 Å². The maximum absolute atomic E-state index is 11.9. The monoisotopic (exact) mass is 295 g/mol. The molecule has 0 radical (unpaired) electrons. The zero-order valence-electron chi connectivity index (χ0n) is 12.1. The Bertz CT molecular complexity index is 907. The fraction of sp³-hybridized carbons (Fsp3) is 0.125. The molecule has 110 valence electrons. The Morgan fingerprint density at radius 3 is 2.50 bits per heavy atom. The first-order chi connectivity index (χ1) is 10.5. The van der Waals surface area contributed by atoms with Gasteiger partial charge >= 0.3 is 5.97 Å². The predicted octanol–water partition coefficient (Wildman–Crippen LogP) is 2.25. The molecule has 0 unspecified atom stereocenters. The van der Waals surface area contributed by atoms with Crippen LogP contribution in [0.25, 0.3) is 22.2 Å². The standard InChI is InChI=1S/C16H13N3O3/c1-9-7-13(10(2)19(22)8-9)11-3-4-12(16(20)21)15-14(11)17-5-6-18-15/h3-8H,1-2H3,(H,20,21). The molecule has 2 heterocycles. The van der Waals surface area contributed by atoms with Gasteiger partial charge in [-0.2, -0.15) is 4.73 Å². The van der Waals surface area contributed by atoms with Crippen LogP contribution >= 0.6 is 0 Å². The normalized spacial score (nSPS) is 10.8. The number of carbonyl (C=O) groups is 1. The Kier molecular flexibility index (Phi) is 3.21. The quantitative estimate of drug-likeness (QED) is 0.578. The van der Waals surface area contributed by atoms with Gasteiger partial charge in [-0.15, -0.1) is 0 Å². The van der Waals surface area contributed by atoms with Crippen LogP contribution in [0.5, 0.6) is 0 Å². The number of nitrogens with zero attached hydrogens (tertiary/aromatic N) is 3. The van der Waals surface area contributed by atoms with Crippen LogP contribution in [0.4, 0.5) is 0 Å². The lowest BCUT2D eigenvalue weighted by atomic mass is 9.99. The van der Waals surface area contributed by atoms with Gasteiger partial charge in [0, 0.05) is 30.4 Å². The summed E-state index contributed by atoms with van der Waals surface area (Å²) in [6, 6.07) is 5.04. The fourth-order valence-electron chi connectivity index (χ4n) is 2.49. The highest BCUT2D eigenvalue weighted by Crippen LogP contribution is 2.30. The predicted molar refractivity (Wildman–Crippen MR) is 80.4 cm³/mol. The van der Waals surface area contributed by atoms with E-state index >= 15 is 0 Å². The van der Waals surface area contributed by atoms with Crippen LogP contribution in [-0.4, -0.2) is 21.0 Å². The third-order valence-electron chi connectivity index (χ3n) is 3.56. The van der Waals surface area contributed by atoms with Crippen molar-refractivity contribution in [2.24, 2.45) is 0 Å². The molecule has 0 fully saturated rings. The molecular weight excluding hydrogens is 282 g/mol. The van der Waals surface area contributed by atoms with E-state index in [0.717, 1.165) is 15.9 Å². The molecule has 22 heavy (non-hydrogen) atoms. The minimum absolute atomic E-state index is 0.0900. The Morgan fingerprint density at radius 2 is 1.82 bits per heavy atom. The summed E-state index contributed by atoms with van der Waals surface area (Å²) in [6.07, 6.45) is 4.46. The maximum Gasteiger partial charge on any atom is 0.337 e. The lowest BCUT2D eigenvalue weighted by molar-refractivity contribution is -0.612. The molecule has 0 saturated heterocycles. The first kappa shape index (κ1) is 13.9. The Balaban J connectivity index is 2.39. The molecule has 0 aliphatic carbocycles. The highest BCUT2D eigenvalue weighted by atomic mass is 16.5. The van der Waals surface area contributed by atoms with Crippen molar-refractivity contribution >= 4 is 17.0 Å². The summed E-state index contributed by atoms with van der Waals surface area (Å²) < 4.78 is 0.804. The van der Waals surface area contributed by atoms with E-state index in [2.05, 4.69) is 9.97 Å². The summed E-state index contributed by atoms with van der Waals surface area (Å²) in [5.74, 6) is -1.06. The number of aromatic carboxylic acids is 1. The number of carboxylic acids is 1. The van der Waals surface area contributed by atoms with Crippen LogP contribution in [0, 0.1) is 19.1 Å². The van der Waals surface area contributed by atoms with Crippen molar-refractivity contribution in [2.75, 3.05) is 0 Å². The van der Waals surface area contributed by atoms with Crippen LogP contribution in [-0.2, 0) is 0 Å². The van der Waals surface area contributed by atoms with E-state index in [-0.39, 0.29) is 5.56 Å². The van der Waals surface area contributed by atoms with Crippen molar-refractivity contribution in [1.82, 2.24) is 9.97 Å². The average molecular weight is 295 g/mol. The van der Waals surface area contributed by atoms with Crippen molar-refractivity contribution in [3.05, 3.63) is 58.8 Å². The lowest BCUT2D eigenvalue weighted by Crippen LogP contribution is -2.30. The third kappa shape index (κ3) is 2.14. The molecule has 0 aliphatic heterocycles. The minimum atomic E-state index is -1.06. The number of benzene rings is 1. The van der Waals surface area contributed by atoms with Crippen molar-refractivity contribution in [3.8, 4) is 11.1 Å². The summed E-state index contributed by atoms with van der Waals surface area (Å²) in [5.41, 5.74) is 3.63. The first-order valence-electron chi connectivity index (χ1n) is 6.67. The van der Waals surface area contributed by atoms with E-state index in [1.807, 2.05) is 13.0 Å². The Morgan fingerprint density at radius 1 is 1.14 bits per heavy atom. The second-order valence-corrected chi connectivity index (χ2v) is 5.06. The SMILES string of the molecule is Cc1cc(-c2ccc(C(=O)O)c3nccnc23)c(C)[n+]([O-])c1. The molecule has 0 atom stereocenters. The molecule has 2 aromatic heterocycles. The number of pyridine rings is 1. The van der Waals surface area contributed by atoms with Crippen LogP contribution in [0.1, 0.15) is 21.6 Å². The van der Waals surface area contributed by atoms with Gasteiger partial charge in [0.05, 0.1) is 16.6 Å². The van der Waals surface area contributed by atoms with Crippen LogP contribution < -0.4 is 4.73 Å². The Labute approximate surface area is 126 Å². The van der Waals surface area contributed by atoms with Crippen molar-refractivity contribution in [1.29, 1.82) is 0 Å². The van der Waals surface area contributed by atoms with E-state index in [4.69, 9.17) is 0 Å². The molecule has 1 N–H and O–H groups in total. The van der Waals surface area contributed by atoms with Gasteiger partial charge in [-0.1, -0.05) is 6.07 Å². The number of hydrogen-bond acceptors (Lipinski definition) is 4. The topological polar surface area (TPSA) is 90.0 Å². The van der Waals surface area contributed by atoms with Gasteiger partial charge in [-0.25, -0.2) is 4.79 Å². The molecule has 3 aromatic rings. The summed E-state index contributed by atoms with van der Waals surface area (Å²) in [5, 5.41) is 21.2. The number of hydrogen-bond donors (Lipinski definition) is 1. The number of aromatic nitrogens is 3. The van der Waals surface area contributed by atoms with Gasteiger partial charge in [0.2, 0.25) is 0 Å². The largest absolute Gasteiger partial charge is 0.618 e. The summed E-state index contributed by atoms with van der Waals surface area (Å²) >= 11 is 0. The molecular formula is C16H13N3O3. The molecule has 6 heteroatoms. The highest BCUT2D eigenvalue weighted by Gasteiger charge is 2.18. The molecule has 0 saturated carbocycles. The van der Waals surface area contributed by atoms with E-state index < -0.39 is 5.97 Å². The van der Waals surface area contributed by atoms with Crippen LogP contribution in [0.3, 0.4) is 0 Å². The summed E-state index contributed by atoms with van der Waals surface area (Å²) in [4.78, 5) is 19.7. The number of carboxylic acid groups (broad SMARTS) is 1. The molecule has 0 spiro atoms.